The molecule has 0 fully saturated rings. The maximum Gasteiger partial charge on any atom is 0.138 e. The highest BCUT2D eigenvalue weighted by molar-refractivity contribution is 5.20. The molecule has 2 aromatic rings. The van der Waals surface area contributed by atoms with Gasteiger partial charge < -0.3 is 10.1 Å². The summed E-state index contributed by atoms with van der Waals surface area (Å²) in [7, 11) is 0. The predicted octanol–water partition coefficient (Wildman–Crippen LogP) is 2.29. The predicted molar refractivity (Wildman–Crippen MR) is 78.6 cm³/mol. The van der Waals surface area contributed by atoms with Crippen molar-refractivity contribution in [3.63, 3.8) is 0 Å². The second-order valence-electron chi connectivity index (χ2n) is 4.65. The largest absolute Gasteiger partial charge is 0.486 e. The molecule has 0 aliphatic rings. The van der Waals surface area contributed by atoms with E-state index >= 15 is 0 Å². The summed E-state index contributed by atoms with van der Waals surface area (Å²) in [6.07, 6.45) is 1.77. The van der Waals surface area contributed by atoms with E-state index in [2.05, 4.69) is 35.3 Å². The number of hydrogen-bond donors (Lipinski definition) is 1. The second-order valence-corrected chi connectivity index (χ2v) is 4.65. The summed E-state index contributed by atoms with van der Waals surface area (Å²) in [6.45, 7) is 9.25. The fraction of sp³-hybridized carbons (Fsp3) is 0.467. The lowest BCUT2D eigenvalue weighted by molar-refractivity contribution is 0.291. The average molecular weight is 274 g/mol. The summed E-state index contributed by atoms with van der Waals surface area (Å²) in [6, 6.07) is 6.00. The molecule has 0 amide bonds. The Hall–Kier alpha value is -1.88. The topological polar surface area (TPSA) is 52.0 Å². The minimum absolute atomic E-state index is 0.517. The molecule has 2 aromatic heterocycles. The Morgan fingerprint density at radius 2 is 2.15 bits per heavy atom. The highest BCUT2D eigenvalue weighted by atomic mass is 16.5. The Morgan fingerprint density at radius 1 is 1.30 bits per heavy atom. The highest BCUT2D eigenvalue weighted by Crippen LogP contribution is 2.13. The van der Waals surface area contributed by atoms with Gasteiger partial charge in [-0.15, -0.1) is 0 Å². The van der Waals surface area contributed by atoms with Crippen LogP contribution in [0.1, 0.15) is 30.9 Å². The minimum Gasteiger partial charge on any atom is -0.486 e. The highest BCUT2D eigenvalue weighted by Gasteiger charge is 2.05. The Morgan fingerprint density at radius 3 is 2.80 bits per heavy atom. The number of aryl methyl sites for hydroxylation is 2. The summed E-state index contributed by atoms with van der Waals surface area (Å²) in [5.41, 5.74) is 3.12. The number of aromatic nitrogens is 3. The molecular formula is C15H22N4O. The molecule has 0 atom stereocenters. The van der Waals surface area contributed by atoms with Gasteiger partial charge in [0.05, 0.1) is 23.3 Å². The SMILES string of the molecule is CCNCc1ccc(OCc2cc(C)nn2CC)cn1. The fourth-order valence-corrected chi connectivity index (χ4v) is 2.00. The van der Waals surface area contributed by atoms with Crippen molar-refractivity contribution in [3.05, 3.63) is 41.5 Å². The van der Waals surface area contributed by atoms with Gasteiger partial charge in [-0.2, -0.15) is 5.10 Å². The molecule has 2 rings (SSSR count). The van der Waals surface area contributed by atoms with Gasteiger partial charge in [0.2, 0.25) is 0 Å². The van der Waals surface area contributed by atoms with E-state index in [9.17, 15) is 0 Å². The van der Waals surface area contributed by atoms with Crippen LogP contribution in [0.3, 0.4) is 0 Å². The standard InChI is InChI=1S/C15H22N4O/c1-4-16-9-13-6-7-15(10-17-13)20-11-14-8-12(3)18-19(14)5-2/h6-8,10,16H,4-5,9,11H2,1-3H3. The van der Waals surface area contributed by atoms with Crippen molar-refractivity contribution < 1.29 is 4.74 Å². The number of nitrogens with one attached hydrogen (secondary N) is 1. The zero-order valence-electron chi connectivity index (χ0n) is 12.4. The summed E-state index contributed by atoms with van der Waals surface area (Å²) < 4.78 is 7.72. The Kier molecular flexibility index (Phi) is 5.12. The van der Waals surface area contributed by atoms with Crippen molar-refractivity contribution in [1.82, 2.24) is 20.1 Å². The smallest absolute Gasteiger partial charge is 0.138 e. The average Bonchev–Trinajstić information content (AvgIpc) is 2.84. The third-order valence-electron chi connectivity index (χ3n) is 3.03. The van der Waals surface area contributed by atoms with Crippen molar-refractivity contribution >= 4 is 0 Å². The van der Waals surface area contributed by atoms with Crippen LogP contribution >= 0.6 is 0 Å². The molecule has 0 radical (unpaired) electrons. The molecule has 20 heavy (non-hydrogen) atoms. The third-order valence-corrected chi connectivity index (χ3v) is 3.03. The molecule has 2 heterocycles. The third kappa shape index (κ3) is 3.81. The first-order valence-electron chi connectivity index (χ1n) is 7.04. The summed E-state index contributed by atoms with van der Waals surface area (Å²) in [5.74, 6) is 0.784. The molecule has 5 heteroatoms. The van der Waals surface area contributed by atoms with Gasteiger partial charge >= 0.3 is 0 Å². The van der Waals surface area contributed by atoms with Gasteiger partial charge in [0, 0.05) is 13.1 Å². The maximum atomic E-state index is 5.76. The van der Waals surface area contributed by atoms with E-state index in [1.54, 1.807) is 6.20 Å². The van der Waals surface area contributed by atoms with Crippen LogP contribution in [0.4, 0.5) is 0 Å². The van der Waals surface area contributed by atoms with Crippen LogP contribution in [0.15, 0.2) is 24.4 Å². The van der Waals surface area contributed by atoms with Crippen molar-refractivity contribution in [3.8, 4) is 5.75 Å². The van der Waals surface area contributed by atoms with Gasteiger partial charge in [0.1, 0.15) is 12.4 Å². The number of rotatable bonds is 7. The van der Waals surface area contributed by atoms with Crippen LogP contribution < -0.4 is 10.1 Å². The fourth-order valence-electron chi connectivity index (χ4n) is 2.00. The lowest BCUT2D eigenvalue weighted by Gasteiger charge is -2.08. The molecule has 1 N–H and O–H groups in total. The van der Waals surface area contributed by atoms with Crippen LogP contribution in [0.25, 0.3) is 0 Å². The van der Waals surface area contributed by atoms with Crippen molar-refractivity contribution in [2.75, 3.05) is 6.54 Å². The molecule has 0 saturated heterocycles. The van der Waals surface area contributed by atoms with Crippen molar-refractivity contribution in [2.24, 2.45) is 0 Å². The second kappa shape index (κ2) is 7.05. The molecular weight excluding hydrogens is 252 g/mol. The van der Waals surface area contributed by atoms with Crippen LogP contribution in [0.2, 0.25) is 0 Å². The molecule has 5 nitrogen and oxygen atoms in total. The van der Waals surface area contributed by atoms with Crippen LogP contribution in [-0.2, 0) is 19.7 Å². The summed E-state index contributed by atoms with van der Waals surface area (Å²) in [4.78, 5) is 4.37. The van der Waals surface area contributed by atoms with E-state index in [1.165, 1.54) is 0 Å². The van der Waals surface area contributed by atoms with E-state index in [0.717, 1.165) is 42.5 Å². The van der Waals surface area contributed by atoms with E-state index in [0.29, 0.717) is 6.61 Å². The minimum atomic E-state index is 0.517. The molecule has 0 aliphatic heterocycles. The lowest BCUT2D eigenvalue weighted by Crippen LogP contribution is -2.12. The van der Waals surface area contributed by atoms with Gasteiger partial charge in [-0.25, -0.2) is 0 Å². The zero-order valence-corrected chi connectivity index (χ0v) is 12.4. The van der Waals surface area contributed by atoms with Crippen LogP contribution in [-0.4, -0.2) is 21.3 Å². The van der Waals surface area contributed by atoms with Crippen LogP contribution in [0.5, 0.6) is 5.75 Å². The molecule has 0 spiro atoms. The maximum absolute atomic E-state index is 5.76. The van der Waals surface area contributed by atoms with Gasteiger partial charge in [-0.1, -0.05) is 6.92 Å². The van der Waals surface area contributed by atoms with Crippen molar-refractivity contribution in [1.29, 1.82) is 0 Å². The van der Waals surface area contributed by atoms with Gasteiger partial charge in [0.15, 0.2) is 0 Å². The lowest BCUT2D eigenvalue weighted by atomic mass is 10.3. The quantitative estimate of drug-likeness (QED) is 0.841. The van der Waals surface area contributed by atoms with E-state index in [-0.39, 0.29) is 0 Å². The normalized spacial score (nSPS) is 10.8. The first kappa shape index (κ1) is 14.5. The summed E-state index contributed by atoms with van der Waals surface area (Å²) in [5, 5.41) is 7.65. The first-order valence-corrected chi connectivity index (χ1v) is 7.04. The first-order chi connectivity index (χ1) is 9.72. The van der Waals surface area contributed by atoms with Gasteiger partial charge in [-0.05, 0) is 38.6 Å². The Labute approximate surface area is 120 Å². The number of hydrogen-bond acceptors (Lipinski definition) is 4. The molecule has 108 valence electrons. The molecule has 0 aliphatic carbocycles. The van der Waals surface area contributed by atoms with Gasteiger partial charge in [0.25, 0.3) is 0 Å². The Bertz CT molecular complexity index is 533. The van der Waals surface area contributed by atoms with E-state index in [4.69, 9.17) is 4.74 Å². The zero-order chi connectivity index (χ0) is 14.4. The molecule has 0 bridgehead atoms. The van der Waals surface area contributed by atoms with E-state index in [1.807, 2.05) is 23.7 Å². The van der Waals surface area contributed by atoms with Crippen LogP contribution in [0, 0.1) is 6.92 Å². The number of nitrogens with zero attached hydrogens (tertiary/aromatic N) is 3. The summed E-state index contributed by atoms with van der Waals surface area (Å²) >= 11 is 0. The molecule has 0 unspecified atom stereocenters. The number of pyridine rings is 1. The number of ether oxygens (including phenoxy) is 1. The molecule has 0 saturated carbocycles. The Balaban J connectivity index is 1.93. The monoisotopic (exact) mass is 274 g/mol. The molecule has 0 aromatic carbocycles. The van der Waals surface area contributed by atoms with Crippen molar-refractivity contribution in [2.45, 2.75) is 40.5 Å². The van der Waals surface area contributed by atoms with E-state index < -0.39 is 0 Å². The van der Waals surface area contributed by atoms with Gasteiger partial charge in [-0.3, -0.25) is 9.67 Å².